The van der Waals surface area contributed by atoms with E-state index in [2.05, 4.69) is 0 Å². The first-order chi connectivity index (χ1) is 16.8. The molecule has 3 aromatic rings. The molecule has 0 aromatic heterocycles. The maximum Gasteiger partial charge on any atom is 0.270 e. The van der Waals surface area contributed by atoms with Crippen molar-refractivity contribution in [2.45, 2.75) is 0 Å². The van der Waals surface area contributed by atoms with Crippen molar-refractivity contribution in [2.75, 3.05) is 14.2 Å². The summed E-state index contributed by atoms with van der Waals surface area (Å²) in [7, 11) is 2.99. The molecular weight excluding hydrogens is 491 g/mol. The number of halogens is 2. The zero-order valence-electron chi connectivity index (χ0n) is 18.5. The molecule has 0 spiro atoms. The van der Waals surface area contributed by atoms with E-state index in [1.807, 2.05) is 0 Å². The van der Waals surface area contributed by atoms with Crippen LogP contribution in [-0.4, -0.2) is 18.8 Å². The lowest BCUT2D eigenvalue weighted by atomic mass is 10.1. The average Bonchev–Trinajstić information content (AvgIpc) is 3.13. The Morgan fingerprint density at radius 3 is 2.09 bits per heavy atom. The molecule has 3 aromatic carbocycles. The van der Waals surface area contributed by atoms with Crippen molar-refractivity contribution >= 4 is 39.7 Å². The number of rotatable bonds is 4. The van der Waals surface area contributed by atoms with E-state index >= 15 is 0 Å². The molecule has 0 N–H and O–H groups in total. The summed E-state index contributed by atoms with van der Waals surface area (Å²) < 4.78 is 11.7. The highest BCUT2D eigenvalue weighted by molar-refractivity contribution is 6.42. The van der Waals surface area contributed by atoms with Gasteiger partial charge in [-0.1, -0.05) is 41.4 Å². The van der Waals surface area contributed by atoms with Gasteiger partial charge in [-0.25, -0.2) is 9.56 Å². The summed E-state index contributed by atoms with van der Waals surface area (Å²) in [6.45, 7) is 0. The molecule has 1 aliphatic heterocycles. The Labute approximate surface area is 207 Å². The molecule has 0 radical (unpaired) electrons. The molecule has 0 fully saturated rings. The molecule has 7 nitrogen and oxygen atoms in total. The molecule has 174 valence electrons. The predicted molar refractivity (Wildman–Crippen MR) is 135 cm³/mol. The van der Waals surface area contributed by atoms with Gasteiger partial charge in [0.1, 0.15) is 22.4 Å². The Hall–Kier alpha value is -3.94. The fourth-order valence-corrected chi connectivity index (χ4v) is 4.41. The summed E-state index contributed by atoms with van der Waals surface area (Å²) in [5.74, 6) is 0.913. The van der Waals surface area contributed by atoms with E-state index in [1.165, 1.54) is 26.4 Å². The van der Waals surface area contributed by atoms with Gasteiger partial charge in [-0.3, -0.25) is 14.4 Å². The highest BCUT2D eigenvalue weighted by Gasteiger charge is 2.20. The van der Waals surface area contributed by atoms with Crippen molar-refractivity contribution in [1.82, 2.24) is 4.57 Å². The zero-order chi connectivity index (χ0) is 24.9. The number of fused-ring (bicyclic) bond motifs is 1. The Balaban J connectivity index is 2.06. The van der Waals surface area contributed by atoms with E-state index in [0.717, 1.165) is 4.57 Å². The second kappa shape index (κ2) is 8.69. The van der Waals surface area contributed by atoms with Gasteiger partial charge in [0.15, 0.2) is 5.43 Å². The van der Waals surface area contributed by atoms with Crippen LogP contribution in [0.25, 0.3) is 16.5 Å². The van der Waals surface area contributed by atoms with Crippen molar-refractivity contribution in [3.05, 3.63) is 117 Å². The molecule has 0 saturated heterocycles. The molecule has 1 aliphatic carbocycles. The van der Waals surface area contributed by atoms with Crippen LogP contribution in [-0.2, 0) is 0 Å². The fourth-order valence-electron chi connectivity index (χ4n) is 4.09. The molecule has 0 bridgehead atoms. The van der Waals surface area contributed by atoms with E-state index < -0.39 is 16.5 Å². The fraction of sp³-hybridized carbons (Fsp3) is 0.0769. The quantitative estimate of drug-likeness (QED) is 0.369. The first-order valence-corrected chi connectivity index (χ1v) is 11.1. The minimum atomic E-state index is -0.729. The van der Waals surface area contributed by atoms with Gasteiger partial charge < -0.3 is 9.47 Å². The average molecular weight is 507 g/mol. The molecule has 2 aliphatic rings. The SMILES string of the molecule is COc1ccc(/N=c2/c3c(=O)n(-c4ccccc4)c(=O)c=3c(=O)c3cc(Cl)c(Cl)cc23)c(OC)c1. The number of para-hydroxylation sites is 1. The number of aromatic nitrogens is 1. The lowest BCUT2D eigenvalue weighted by molar-refractivity contribution is 0.395. The smallest absolute Gasteiger partial charge is 0.270 e. The minimum absolute atomic E-state index is 0.104. The van der Waals surface area contributed by atoms with Gasteiger partial charge in [0.05, 0.1) is 40.5 Å². The van der Waals surface area contributed by atoms with E-state index in [4.69, 9.17) is 37.7 Å². The summed E-state index contributed by atoms with van der Waals surface area (Å²) in [6, 6.07) is 16.2. The molecule has 5 rings (SSSR count). The lowest BCUT2D eigenvalue weighted by Crippen LogP contribution is -2.26. The summed E-state index contributed by atoms with van der Waals surface area (Å²) in [5.41, 5.74) is -1.31. The zero-order valence-corrected chi connectivity index (χ0v) is 20.0. The maximum atomic E-state index is 13.6. The number of hydrogen-bond acceptors (Lipinski definition) is 6. The van der Waals surface area contributed by atoms with Crippen LogP contribution in [0.1, 0.15) is 0 Å². The number of benzene rings is 3. The predicted octanol–water partition coefficient (Wildman–Crippen LogP) is 3.87. The molecule has 1 heterocycles. The highest BCUT2D eigenvalue weighted by Crippen LogP contribution is 2.31. The normalized spacial score (nSPS) is 11.9. The van der Waals surface area contributed by atoms with E-state index in [9.17, 15) is 14.4 Å². The van der Waals surface area contributed by atoms with Gasteiger partial charge in [0, 0.05) is 16.8 Å². The molecular formula is C26H16Cl2N2O5. The Morgan fingerprint density at radius 2 is 1.43 bits per heavy atom. The largest absolute Gasteiger partial charge is 0.497 e. The lowest BCUT2D eigenvalue weighted by Gasteiger charge is -2.07. The van der Waals surface area contributed by atoms with Crippen LogP contribution in [0.5, 0.6) is 11.5 Å². The van der Waals surface area contributed by atoms with E-state index in [-0.39, 0.29) is 36.6 Å². The highest BCUT2D eigenvalue weighted by atomic mass is 35.5. The van der Waals surface area contributed by atoms with Gasteiger partial charge in [0.25, 0.3) is 11.1 Å². The van der Waals surface area contributed by atoms with Gasteiger partial charge in [-0.15, -0.1) is 0 Å². The van der Waals surface area contributed by atoms with Gasteiger partial charge >= 0.3 is 0 Å². The number of hydrogen-bond donors (Lipinski definition) is 0. The molecule has 35 heavy (non-hydrogen) atoms. The molecule has 0 atom stereocenters. The first kappa shape index (κ1) is 22.8. The number of ether oxygens (including phenoxy) is 2. The van der Waals surface area contributed by atoms with Crippen molar-refractivity contribution < 1.29 is 9.47 Å². The van der Waals surface area contributed by atoms with Gasteiger partial charge in [-0.2, -0.15) is 0 Å². The van der Waals surface area contributed by atoms with Crippen LogP contribution in [0.15, 0.2) is 80.0 Å². The first-order valence-electron chi connectivity index (χ1n) is 10.4. The second-order valence-electron chi connectivity index (χ2n) is 7.67. The van der Waals surface area contributed by atoms with Gasteiger partial charge in [-0.05, 0) is 36.4 Å². The summed E-state index contributed by atoms with van der Waals surface area (Å²) in [4.78, 5) is 45.2. The van der Waals surface area contributed by atoms with Crippen LogP contribution in [0.2, 0.25) is 10.0 Å². The standard InChI is InChI=1S/C26H16Cl2N2O5/c1-34-14-8-9-19(20(10-14)35-2)29-23-15-11-17(27)18(28)12-16(15)24(31)22-21(23)25(32)30(26(22)33)13-6-4-3-5-7-13/h3-12H,1-2H3/b29-23+. The third-order valence-corrected chi connectivity index (χ3v) is 6.46. The van der Waals surface area contributed by atoms with Crippen molar-refractivity contribution in [3.8, 4) is 17.2 Å². The number of nitrogens with zero attached hydrogens (tertiary/aromatic N) is 2. The molecule has 9 heteroatoms. The monoisotopic (exact) mass is 506 g/mol. The van der Waals surface area contributed by atoms with Crippen molar-refractivity contribution in [2.24, 2.45) is 4.99 Å². The van der Waals surface area contributed by atoms with Crippen molar-refractivity contribution in [1.29, 1.82) is 0 Å². The third kappa shape index (κ3) is 3.60. The topological polar surface area (TPSA) is 87.0 Å². The maximum absolute atomic E-state index is 13.6. The minimum Gasteiger partial charge on any atom is -0.497 e. The van der Waals surface area contributed by atoms with Crippen molar-refractivity contribution in [3.63, 3.8) is 0 Å². The Morgan fingerprint density at radius 1 is 0.771 bits per heavy atom. The Kier molecular flexibility index (Phi) is 5.67. The molecule has 0 amide bonds. The van der Waals surface area contributed by atoms with Gasteiger partial charge in [0.2, 0.25) is 0 Å². The van der Waals surface area contributed by atoms with Crippen LogP contribution >= 0.6 is 23.2 Å². The Bertz CT molecular complexity index is 1910. The number of methoxy groups -OCH3 is 2. The third-order valence-electron chi connectivity index (χ3n) is 5.74. The van der Waals surface area contributed by atoms with E-state index in [0.29, 0.717) is 22.9 Å². The van der Waals surface area contributed by atoms with Crippen LogP contribution in [0.4, 0.5) is 5.69 Å². The summed E-state index contributed by atoms with van der Waals surface area (Å²) >= 11 is 12.5. The summed E-state index contributed by atoms with van der Waals surface area (Å²) in [6.07, 6.45) is 0. The van der Waals surface area contributed by atoms with Crippen LogP contribution in [0, 0.1) is 10.4 Å². The van der Waals surface area contributed by atoms with E-state index in [1.54, 1.807) is 48.5 Å². The molecule has 0 unspecified atom stereocenters. The van der Waals surface area contributed by atoms with Crippen LogP contribution < -0.4 is 31.4 Å². The molecule has 0 saturated carbocycles. The second-order valence-corrected chi connectivity index (χ2v) is 8.48. The van der Waals surface area contributed by atoms with Crippen LogP contribution in [0.3, 0.4) is 0 Å². The summed E-state index contributed by atoms with van der Waals surface area (Å²) in [5, 5.41) is 0.476.